The Morgan fingerprint density at radius 3 is 1.10 bits per heavy atom. The summed E-state index contributed by atoms with van der Waals surface area (Å²) in [6, 6.07) is 0. The van der Waals surface area contributed by atoms with Crippen LogP contribution in [-0.4, -0.2) is 300 Å². The summed E-state index contributed by atoms with van der Waals surface area (Å²) in [7, 11) is 6.40. The number of rotatable bonds is 19. The molecule has 1 unspecified atom stereocenters. The average Bonchev–Trinajstić information content (AvgIpc) is 3.25. The van der Waals surface area contributed by atoms with E-state index in [0.29, 0.717) is 111 Å². The highest BCUT2D eigenvalue weighted by molar-refractivity contribution is 6.63. The minimum Gasteiger partial charge on any atom is -0.449 e. The molecule has 27 nitrogen and oxygen atoms in total. The third kappa shape index (κ3) is 72.8. The Balaban J connectivity index is -0.000000109. The molecule has 0 N–H and O–H groups in total. The topological polar surface area (TPSA) is 249 Å². The Morgan fingerprint density at radius 1 is 0.541 bits per heavy atom. The molecule has 3 rings (SSSR count). The summed E-state index contributed by atoms with van der Waals surface area (Å²) in [5, 5.41) is 0. The molecule has 0 aromatic rings. The van der Waals surface area contributed by atoms with Gasteiger partial charge in [-0.3, -0.25) is 0 Å². The van der Waals surface area contributed by atoms with Gasteiger partial charge in [-0.15, -0.1) is 0 Å². The molecule has 0 saturated carbocycles. The molecule has 3 heterocycles. The van der Waals surface area contributed by atoms with Crippen molar-refractivity contribution in [1.29, 1.82) is 0 Å². The summed E-state index contributed by atoms with van der Waals surface area (Å²) in [5.41, 5.74) is 0. The van der Waals surface area contributed by atoms with Crippen LogP contribution in [0, 0.1) is 0 Å². The van der Waals surface area contributed by atoms with Gasteiger partial charge in [0.05, 0.1) is 0 Å². The molecule has 3 saturated heterocycles. The summed E-state index contributed by atoms with van der Waals surface area (Å²) in [6.45, 7) is 1.34. The summed E-state index contributed by atoms with van der Waals surface area (Å²) in [4.78, 5) is 0. The van der Waals surface area contributed by atoms with Gasteiger partial charge < -0.3 is 116 Å². The van der Waals surface area contributed by atoms with Crippen LogP contribution in [0.5, 0.6) is 0 Å². The van der Waals surface area contributed by atoms with E-state index in [1.54, 1.807) is 42.7 Å². The third-order valence-corrected chi connectivity index (χ3v) is 27.1. The molecule has 3 aliphatic heterocycles. The zero-order chi connectivity index (χ0) is 46.8. The van der Waals surface area contributed by atoms with Gasteiger partial charge >= 0.3 is 38.1 Å². The SMILES string of the molecule is C.C1OCO[SiH2]O[SiH2]O1.C1O[SiH2]O1.C1O[SiH2]O[SiH2]O1.COC(O[SiH3])O[SiH3].CO[SiH2]O[SiH2]O[SiH3].CO[SiH2]O[SiH3].CO[SiH3].CO[SiH](O[SiH3])O[SiH](O[SiH3])O[SiH3].CO[Si](O[SiH3])(O[SiH3])O[SiH3]. The highest BCUT2D eigenvalue weighted by Crippen LogP contribution is 2.03. The molecular weight excluding hydrogens is 1190 g/mol. The van der Waals surface area contributed by atoms with Crippen molar-refractivity contribution < 1.29 is 116 Å². The van der Waals surface area contributed by atoms with Crippen molar-refractivity contribution in [3.8, 4) is 0 Å². The lowest BCUT2D eigenvalue weighted by molar-refractivity contribution is -0.178. The molecule has 3 aliphatic rings. The van der Waals surface area contributed by atoms with Crippen LogP contribution in [0.1, 0.15) is 7.43 Å². The highest BCUT2D eigenvalue weighted by Gasteiger charge is 2.37. The standard InChI is InChI=1S/C2H8O4Si2.C2H10O3Si2.CH14O5Si5.CH12O4Si4.CH10O3Si3.CH6O3Si2.CH8O2Si2.CH4O2Si.CH6OSi.CH4/c1-3-2-5-8-6-7-4-1;1-3-2(4-6)5-7;1-2-10(3-7)6-11(4-8)5-9;1-2-9(3-6,4-7)5-8;1-2-6-4-7-3-5;1-2-5-4-6-3-1;1-2-5-3-4;1-2-4-3-1;1-2-3;/h1-2,7-8H2;2H,1,6-7H3;10-11H,1,7-9H3;1,6-8H3;6-7H2,1,5H3;1,5-6H2;5H2,1,4H3;1,4H2;1,3H3;1H4. The fraction of sp³-hybridized carbons (Fsp3) is 1.00. The Morgan fingerprint density at radius 2 is 0.918 bits per heavy atom. The highest BCUT2D eigenvalue weighted by atomic mass is 28.5. The minimum atomic E-state index is -2.51. The van der Waals surface area contributed by atoms with Crippen molar-refractivity contribution in [3.63, 3.8) is 0 Å². The molecule has 0 amide bonds. The maximum absolute atomic E-state index is 5.34. The molecular formula is C12H82O27Si22. The van der Waals surface area contributed by atoms with Crippen molar-refractivity contribution in [3.05, 3.63) is 0 Å². The zero-order valence-corrected chi connectivity index (χ0v) is 75.4. The van der Waals surface area contributed by atoms with Gasteiger partial charge in [0.1, 0.15) is 122 Å². The maximum Gasteiger partial charge on any atom is 0.645 e. The van der Waals surface area contributed by atoms with Gasteiger partial charge in [0, 0.05) is 42.7 Å². The zero-order valence-electron chi connectivity index (χ0n) is 38.7. The maximum atomic E-state index is 5.34. The molecule has 0 aromatic carbocycles. The van der Waals surface area contributed by atoms with Crippen LogP contribution in [0.2, 0.25) is 0 Å². The van der Waals surface area contributed by atoms with Gasteiger partial charge in [0.15, 0.2) is 21.0 Å². The van der Waals surface area contributed by atoms with Crippen LogP contribution in [-0.2, 0) is 116 Å². The van der Waals surface area contributed by atoms with Crippen molar-refractivity contribution >= 4 is 224 Å². The third-order valence-electron chi connectivity index (χ3n) is 4.71. The summed E-state index contributed by atoms with van der Waals surface area (Å²) in [5.74, 6) is 0. The number of hydrogen-bond donors (Lipinski definition) is 0. The predicted molar refractivity (Wildman–Crippen MR) is 293 cm³/mol. The first-order valence-electron chi connectivity index (χ1n) is 16.8. The van der Waals surface area contributed by atoms with E-state index in [2.05, 4.69) is 22.4 Å². The summed E-state index contributed by atoms with van der Waals surface area (Å²) >= 11 is 0. The van der Waals surface area contributed by atoms with Crippen LogP contribution in [0.3, 0.4) is 0 Å². The molecule has 380 valence electrons. The van der Waals surface area contributed by atoms with E-state index in [1.165, 1.54) is 0 Å². The molecule has 3 fully saturated rings. The molecule has 0 spiro atoms. The Kier molecular flexibility index (Phi) is 97.2. The lowest BCUT2D eigenvalue weighted by Crippen LogP contribution is -2.46. The van der Waals surface area contributed by atoms with Crippen molar-refractivity contribution in [2.45, 2.75) is 13.9 Å². The average molecular weight is 1280 g/mol. The van der Waals surface area contributed by atoms with Crippen LogP contribution in [0.25, 0.3) is 0 Å². The fourth-order valence-electron chi connectivity index (χ4n) is 2.35. The van der Waals surface area contributed by atoms with Gasteiger partial charge in [0.2, 0.25) is 0 Å². The molecule has 61 heavy (non-hydrogen) atoms. The first-order chi connectivity index (χ1) is 29.1. The second-order valence-electron chi connectivity index (χ2n) is 8.99. The predicted octanol–water partition coefficient (Wildman–Crippen LogP) is -22.2. The van der Waals surface area contributed by atoms with Gasteiger partial charge in [-0.25, -0.2) is 0 Å². The van der Waals surface area contributed by atoms with Crippen molar-refractivity contribution in [2.75, 3.05) is 69.8 Å². The number of hydrogen-bond acceptors (Lipinski definition) is 27. The van der Waals surface area contributed by atoms with Crippen LogP contribution in [0.15, 0.2) is 0 Å². The molecule has 1 atom stereocenters. The fourth-order valence-corrected chi connectivity index (χ4v) is 28.4. The lowest BCUT2D eigenvalue weighted by Gasteiger charge is -2.22. The summed E-state index contributed by atoms with van der Waals surface area (Å²) in [6.07, 6.45) is 0. The molecule has 0 aliphatic carbocycles. The van der Waals surface area contributed by atoms with E-state index in [0.717, 1.165) is 31.5 Å². The Hall–Kier alpha value is 3.69. The van der Waals surface area contributed by atoms with Gasteiger partial charge in [-0.1, -0.05) is 7.43 Å². The van der Waals surface area contributed by atoms with Crippen molar-refractivity contribution in [1.82, 2.24) is 0 Å². The normalized spacial score (nSPS) is 19.0. The Labute approximate surface area is 420 Å². The van der Waals surface area contributed by atoms with Crippen LogP contribution in [0.4, 0.5) is 0 Å². The molecule has 49 heteroatoms. The van der Waals surface area contributed by atoms with Crippen molar-refractivity contribution in [2.24, 2.45) is 0 Å². The number of ether oxygens (including phenoxy) is 2. The smallest absolute Gasteiger partial charge is 0.449 e. The van der Waals surface area contributed by atoms with E-state index >= 15 is 0 Å². The second kappa shape index (κ2) is 75.2. The van der Waals surface area contributed by atoms with E-state index in [-0.39, 0.29) is 7.43 Å². The molecule has 0 radical (unpaired) electrons. The Bertz CT molecular complexity index is 609. The molecule has 0 aromatic heterocycles. The molecule has 0 bridgehead atoms. The second-order valence-corrected chi connectivity index (χ2v) is 40.4. The quantitative estimate of drug-likeness (QED) is 0.0662. The monoisotopic (exact) mass is 1270 g/mol. The lowest BCUT2D eigenvalue weighted by atomic mass is 11.3. The summed E-state index contributed by atoms with van der Waals surface area (Å²) < 4.78 is 132. The van der Waals surface area contributed by atoms with Crippen LogP contribution < -0.4 is 0 Å². The van der Waals surface area contributed by atoms with Crippen LogP contribution >= 0.6 is 0 Å². The first-order valence-corrected chi connectivity index (χ1v) is 39.5. The van der Waals surface area contributed by atoms with Gasteiger partial charge in [-0.2, -0.15) is 0 Å². The van der Waals surface area contributed by atoms with E-state index < -0.39 is 115 Å². The van der Waals surface area contributed by atoms with E-state index in [1.807, 2.05) is 0 Å². The number of methoxy groups -OCH3 is 1. The van der Waals surface area contributed by atoms with Gasteiger partial charge in [0.25, 0.3) is 76.5 Å². The van der Waals surface area contributed by atoms with Gasteiger partial charge in [-0.05, 0) is 0 Å². The van der Waals surface area contributed by atoms with E-state index in [9.17, 15) is 0 Å². The largest absolute Gasteiger partial charge is 0.645 e. The minimum absolute atomic E-state index is 0. The van der Waals surface area contributed by atoms with E-state index in [4.69, 9.17) is 94.0 Å². The first kappa shape index (κ1) is 78.8.